The number of carbonyl (C=O) groups is 1. The first-order valence-electron chi connectivity index (χ1n) is 12.0. The van der Waals surface area contributed by atoms with Crippen molar-refractivity contribution in [2.45, 2.75) is 31.8 Å². The predicted molar refractivity (Wildman–Crippen MR) is 137 cm³/mol. The van der Waals surface area contributed by atoms with Crippen LogP contribution < -0.4 is 4.74 Å². The molecule has 1 aliphatic heterocycles. The molecule has 1 saturated heterocycles. The van der Waals surface area contributed by atoms with E-state index in [2.05, 4.69) is 14.9 Å². The van der Waals surface area contributed by atoms with E-state index in [1.807, 2.05) is 36.4 Å². The zero-order valence-electron chi connectivity index (χ0n) is 20.5. The van der Waals surface area contributed by atoms with Gasteiger partial charge in [-0.1, -0.05) is 30.3 Å². The van der Waals surface area contributed by atoms with Gasteiger partial charge < -0.3 is 24.6 Å². The summed E-state index contributed by atoms with van der Waals surface area (Å²) in [7, 11) is 1.79. The highest BCUT2D eigenvalue weighted by molar-refractivity contribution is 5.94. The average Bonchev–Trinajstić information content (AvgIpc) is 3.31. The van der Waals surface area contributed by atoms with Crippen molar-refractivity contribution >= 4 is 28.9 Å². The molecule has 4 rings (SSSR count). The Balaban J connectivity index is 1.48. The van der Waals surface area contributed by atoms with Crippen molar-refractivity contribution in [3.8, 4) is 5.75 Å². The number of β-amino-alcohol motifs (C(OH)–C–C–N with tert-alkyl or cyclic N) is 1. The van der Waals surface area contributed by atoms with Crippen LogP contribution in [0.25, 0.3) is 10.9 Å². The molecule has 1 aliphatic rings. The van der Waals surface area contributed by atoms with Crippen LogP contribution in [0.1, 0.15) is 24.9 Å². The number of pyridine rings is 1. The van der Waals surface area contributed by atoms with Gasteiger partial charge in [-0.3, -0.25) is 14.7 Å². The number of likely N-dealkylation sites (tertiary alicyclic amines) is 1. The third-order valence-electron chi connectivity index (χ3n) is 6.23. The highest BCUT2D eigenvalue weighted by atomic mass is 16.6. The van der Waals surface area contributed by atoms with Gasteiger partial charge in [0.25, 0.3) is 5.91 Å². The summed E-state index contributed by atoms with van der Waals surface area (Å²) in [6.45, 7) is 3.40. The Bertz CT molecular complexity index is 1190. The number of hydrogen-bond acceptors (Lipinski definition) is 8. The molecule has 1 amide bonds. The molecule has 0 bridgehead atoms. The summed E-state index contributed by atoms with van der Waals surface area (Å²) in [4.78, 5) is 25.8. The second-order valence-corrected chi connectivity index (χ2v) is 8.87. The van der Waals surface area contributed by atoms with Crippen molar-refractivity contribution in [1.82, 2.24) is 14.8 Å². The molecule has 9 nitrogen and oxygen atoms in total. The Hall–Kier alpha value is -3.53. The van der Waals surface area contributed by atoms with E-state index < -0.39 is 6.29 Å². The normalized spacial score (nSPS) is 17.8. The molecule has 2 aromatic carbocycles. The van der Waals surface area contributed by atoms with E-state index in [-0.39, 0.29) is 24.7 Å². The van der Waals surface area contributed by atoms with Crippen molar-refractivity contribution in [1.29, 1.82) is 0 Å². The minimum Gasteiger partial charge on any atom is -0.483 e. The minimum atomic E-state index is -0.964. The zero-order chi connectivity index (χ0) is 25.5. The number of aliphatic imine (C=N–C) groups is 1. The minimum absolute atomic E-state index is 0.139. The van der Waals surface area contributed by atoms with Crippen LogP contribution in [0.2, 0.25) is 0 Å². The fourth-order valence-corrected chi connectivity index (χ4v) is 4.30. The Morgan fingerprint density at radius 2 is 2.06 bits per heavy atom. The fraction of sp³-hybridized carbons (Fsp3) is 0.370. The number of carbonyl (C=O) groups excluding carboxylic acids is 1. The van der Waals surface area contributed by atoms with E-state index in [0.717, 1.165) is 18.5 Å². The number of aromatic nitrogens is 1. The Labute approximate surface area is 210 Å². The summed E-state index contributed by atoms with van der Waals surface area (Å²) >= 11 is 0. The lowest BCUT2D eigenvalue weighted by Crippen LogP contribution is -2.40. The van der Waals surface area contributed by atoms with Gasteiger partial charge in [0.15, 0.2) is 19.3 Å². The first-order valence-corrected chi connectivity index (χ1v) is 12.0. The molecular formula is C27H32N4O5. The summed E-state index contributed by atoms with van der Waals surface area (Å²) in [6, 6.07) is 16.9. The van der Waals surface area contributed by atoms with Crippen LogP contribution in [0.15, 0.2) is 65.8 Å². The summed E-state index contributed by atoms with van der Waals surface area (Å²) in [5.74, 6) is 0.363. The number of benzene rings is 2. The number of aliphatic hydroxyl groups is 2. The number of fused-ring (bicyclic) bond motifs is 1. The maximum atomic E-state index is 13.2. The van der Waals surface area contributed by atoms with E-state index in [4.69, 9.17) is 9.47 Å². The van der Waals surface area contributed by atoms with Crippen LogP contribution >= 0.6 is 0 Å². The van der Waals surface area contributed by atoms with E-state index in [1.54, 1.807) is 36.3 Å². The Morgan fingerprint density at radius 3 is 2.78 bits per heavy atom. The van der Waals surface area contributed by atoms with Crippen LogP contribution in [0.4, 0.5) is 5.69 Å². The predicted octanol–water partition coefficient (Wildman–Crippen LogP) is 2.89. The van der Waals surface area contributed by atoms with Crippen molar-refractivity contribution in [3.63, 3.8) is 0 Å². The van der Waals surface area contributed by atoms with Crippen LogP contribution in [0.5, 0.6) is 5.75 Å². The fourth-order valence-electron chi connectivity index (χ4n) is 4.30. The average molecular weight is 493 g/mol. The lowest BCUT2D eigenvalue weighted by atomic mass is 10.0. The topological polar surface area (TPSA) is 108 Å². The van der Waals surface area contributed by atoms with Gasteiger partial charge >= 0.3 is 0 Å². The Kier molecular flexibility index (Phi) is 8.48. The smallest absolute Gasteiger partial charge is 0.260 e. The van der Waals surface area contributed by atoms with Crippen LogP contribution in [-0.4, -0.2) is 83.0 Å². The summed E-state index contributed by atoms with van der Waals surface area (Å²) in [5.41, 5.74) is 2.18. The van der Waals surface area contributed by atoms with Gasteiger partial charge in [-0.2, -0.15) is 0 Å². The van der Waals surface area contributed by atoms with Crippen molar-refractivity contribution in [2.24, 2.45) is 4.99 Å². The number of aliphatic hydroxyl groups excluding tert-OH is 2. The molecule has 2 N–H and O–H groups in total. The van der Waals surface area contributed by atoms with Crippen LogP contribution in [0.3, 0.4) is 0 Å². The van der Waals surface area contributed by atoms with Crippen LogP contribution in [-0.2, 0) is 9.53 Å². The largest absolute Gasteiger partial charge is 0.483 e. The molecule has 0 spiro atoms. The summed E-state index contributed by atoms with van der Waals surface area (Å²) in [5, 5.41) is 19.9. The molecule has 3 atom stereocenters. The third kappa shape index (κ3) is 6.37. The molecule has 3 aromatic rings. The Morgan fingerprint density at radius 1 is 1.25 bits per heavy atom. The number of hydrogen-bond donors (Lipinski definition) is 2. The number of likely N-dealkylation sites (N-methyl/N-ethyl adjacent to an activating group) is 1. The van der Waals surface area contributed by atoms with Gasteiger partial charge in [0.05, 0.1) is 23.3 Å². The van der Waals surface area contributed by atoms with Gasteiger partial charge in [-0.05, 0) is 43.2 Å². The summed E-state index contributed by atoms with van der Waals surface area (Å²) < 4.78 is 10.9. The van der Waals surface area contributed by atoms with E-state index in [0.29, 0.717) is 35.4 Å². The molecular weight excluding hydrogens is 460 g/mol. The van der Waals surface area contributed by atoms with Gasteiger partial charge in [0.1, 0.15) is 5.75 Å². The monoisotopic (exact) mass is 492 g/mol. The molecule has 1 aromatic heterocycles. The lowest BCUT2D eigenvalue weighted by molar-refractivity contribution is -0.134. The van der Waals surface area contributed by atoms with E-state index in [1.165, 1.54) is 13.3 Å². The number of rotatable bonds is 10. The number of ether oxygens (including phenoxy) is 2. The highest BCUT2D eigenvalue weighted by Gasteiger charge is 2.28. The van der Waals surface area contributed by atoms with Gasteiger partial charge in [0.2, 0.25) is 0 Å². The van der Waals surface area contributed by atoms with Crippen molar-refractivity contribution in [2.75, 3.05) is 33.3 Å². The lowest BCUT2D eigenvalue weighted by Gasteiger charge is -2.32. The van der Waals surface area contributed by atoms with Gasteiger partial charge in [-0.25, -0.2) is 4.99 Å². The van der Waals surface area contributed by atoms with Crippen molar-refractivity contribution in [3.05, 3.63) is 66.4 Å². The molecule has 2 unspecified atom stereocenters. The SMILES string of the molecule is CC(O)OC=Nc1ccc(OCC(=O)N(C)C(CN2CC[C@H](O)C2)c2ccccc2)c2cccnc12. The highest BCUT2D eigenvalue weighted by Crippen LogP contribution is 2.32. The van der Waals surface area contributed by atoms with E-state index in [9.17, 15) is 15.0 Å². The molecule has 1 fully saturated rings. The maximum absolute atomic E-state index is 13.2. The second kappa shape index (κ2) is 11.9. The zero-order valence-corrected chi connectivity index (χ0v) is 20.5. The first kappa shape index (κ1) is 25.6. The quantitative estimate of drug-likeness (QED) is 0.255. The molecule has 0 radical (unpaired) electrons. The number of nitrogens with zero attached hydrogens (tertiary/aromatic N) is 4. The van der Waals surface area contributed by atoms with E-state index >= 15 is 0 Å². The van der Waals surface area contributed by atoms with Crippen molar-refractivity contribution < 1.29 is 24.5 Å². The molecule has 2 heterocycles. The molecule has 190 valence electrons. The van der Waals surface area contributed by atoms with Gasteiger partial charge in [-0.15, -0.1) is 0 Å². The van der Waals surface area contributed by atoms with Crippen LogP contribution in [0, 0.1) is 0 Å². The molecule has 0 saturated carbocycles. The molecule has 0 aliphatic carbocycles. The third-order valence-corrected chi connectivity index (χ3v) is 6.23. The molecule has 9 heteroatoms. The molecule has 36 heavy (non-hydrogen) atoms. The maximum Gasteiger partial charge on any atom is 0.260 e. The summed E-state index contributed by atoms with van der Waals surface area (Å²) in [6.07, 6.45) is 2.29. The van der Waals surface area contributed by atoms with Gasteiger partial charge in [0, 0.05) is 38.3 Å². The number of amides is 1. The standard InChI is InChI=1S/C27H32N4O5/c1-19(32)36-18-29-23-10-11-25(22-9-6-13-28-27(22)23)35-17-26(34)30(2)24(20-7-4-3-5-8-20)16-31-14-12-21(33)15-31/h3-11,13,18-19,21,24,32-33H,12,14-17H2,1-2H3/t19?,21-,24?/m0/s1. The first-order chi connectivity index (χ1) is 17.4. The second-order valence-electron chi connectivity index (χ2n) is 8.87.